The lowest BCUT2D eigenvalue weighted by Crippen LogP contribution is -2.32. The van der Waals surface area contributed by atoms with Crippen molar-refractivity contribution in [2.45, 2.75) is 57.3 Å². The maximum Gasteiger partial charge on any atom is 0.283 e. The zero-order valence-corrected chi connectivity index (χ0v) is 22.3. The number of imide groups is 1. The number of unbranched alkanes of at least 4 members (excludes halogenated alkanes) is 2. The van der Waals surface area contributed by atoms with Crippen LogP contribution in [0.2, 0.25) is 5.02 Å². The third kappa shape index (κ3) is 6.21. The second kappa shape index (κ2) is 12.3. The van der Waals surface area contributed by atoms with Crippen LogP contribution in [0.15, 0.2) is 88.3 Å². The minimum absolute atomic E-state index is 0.288. The SMILES string of the molecule is CCCCc1ccc(NC2=C(Sc3ccc(Cl)cc3)C(=O)N(c3ccc(CCCC)cc3)C2=O)cc1. The number of hydrogen-bond donors (Lipinski definition) is 1. The molecule has 4 nitrogen and oxygen atoms in total. The Bertz CT molecular complexity index is 1240. The molecule has 0 radical (unpaired) electrons. The van der Waals surface area contributed by atoms with E-state index in [2.05, 4.69) is 31.3 Å². The Kier molecular flexibility index (Phi) is 8.89. The Morgan fingerprint density at radius 1 is 0.750 bits per heavy atom. The molecule has 1 aliphatic heterocycles. The van der Waals surface area contributed by atoms with Crippen molar-refractivity contribution in [3.8, 4) is 0 Å². The third-order valence-electron chi connectivity index (χ3n) is 6.13. The van der Waals surface area contributed by atoms with Crippen molar-refractivity contribution in [1.82, 2.24) is 0 Å². The van der Waals surface area contributed by atoms with Crippen LogP contribution in [-0.4, -0.2) is 11.8 Å². The lowest BCUT2D eigenvalue weighted by Gasteiger charge is -2.16. The highest BCUT2D eigenvalue weighted by molar-refractivity contribution is 8.04. The molecular weight excluding hydrogens is 488 g/mol. The van der Waals surface area contributed by atoms with E-state index in [9.17, 15) is 9.59 Å². The minimum atomic E-state index is -0.354. The Hall–Kier alpha value is -3.02. The monoisotopic (exact) mass is 518 g/mol. The molecule has 6 heteroatoms. The quantitative estimate of drug-likeness (QED) is 0.261. The first-order valence-electron chi connectivity index (χ1n) is 12.5. The van der Waals surface area contributed by atoms with Gasteiger partial charge in [0.1, 0.15) is 10.6 Å². The van der Waals surface area contributed by atoms with Crippen molar-refractivity contribution in [2.75, 3.05) is 10.2 Å². The van der Waals surface area contributed by atoms with Gasteiger partial charge in [0.2, 0.25) is 0 Å². The molecular formula is C30H31ClN2O2S. The Morgan fingerprint density at radius 2 is 1.31 bits per heavy atom. The number of hydrogen-bond acceptors (Lipinski definition) is 4. The average molecular weight is 519 g/mol. The van der Waals surface area contributed by atoms with E-state index in [0.717, 1.165) is 49.1 Å². The van der Waals surface area contributed by atoms with Gasteiger partial charge in [-0.05, 0) is 85.3 Å². The standard InChI is InChI=1S/C30H31ClN2O2S/c1-3-5-7-21-9-15-24(16-10-21)32-27-28(36-26-19-13-23(31)14-20-26)30(35)33(29(27)34)25-17-11-22(12-18-25)8-6-4-2/h9-20,32H,3-8H2,1-2H3. The normalized spacial score (nSPS) is 13.6. The largest absolute Gasteiger partial charge is 0.350 e. The van der Waals surface area contributed by atoms with Gasteiger partial charge < -0.3 is 5.32 Å². The van der Waals surface area contributed by atoms with Gasteiger partial charge in [0.25, 0.3) is 11.8 Å². The van der Waals surface area contributed by atoms with Gasteiger partial charge in [-0.25, -0.2) is 4.90 Å². The van der Waals surface area contributed by atoms with E-state index >= 15 is 0 Å². The summed E-state index contributed by atoms with van der Waals surface area (Å²) in [5.74, 6) is -0.684. The van der Waals surface area contributed by atoms with Crippen LogP contribution in [0.5, 0.6) is 0 Å². The van der Waals surface area contributed by atoms with Crippen LogP contribution in [-0.2, 0) is 22.4 Å². The molecule has 0 atom stereocenters. The minimum Gasteiger partial charge on any atom is -0.350 e. The third-order valence-corrected chi connectivity index (χ3v) is 7.47. The van der Waals surface area contributed by atoms with Gasteiger partial charge in [0, 0.05) is 15.6 Å². The molecule has 1 N–H and O–H groups in total. The number of thioether (sulfide) groups is 1. The van der Waals surface area contributed by atoms with E-state index in [-0.39, 0.29) is 17.5 Å². The van der Waals surface area contributed by atoms with E-state index in [1.54, 1.807) is 12.1 Å². The predicted octanol–water partition coefficient (Wildman–Crippen LogP) is 8.01. The number of carbonyl (C=O) groups is 2. The molecule has 0 bridgehead atoms. The second-order valence-corrected chi connectivity index (χ2v) is 10.4. The molecule has 186 valence electrons. The lowest BCUT2D eigenvalue weighted by atomic mass is 10.1. The number of amides is 2. The molecule has 3 aromatic rings. The van der Waals surface area contributed by atoms with Crippen molar-refractivity contribution < 1.29 is 9.59 Å². The van der Waals surface area contributed by atoms with E-state index < -0.39 is 0 Å². The number of aryl methyl sites for hydroxylation is 2. The summed E-state index contributed by atoms with van der Waals surface area (Å²) in [4.78, 5) is 29.6. The van der Waals surface area contributed by atoms with Gasteiger partial charge in [-0.2, -0.15) is 0 Å². The first kappa shape index (κ1) is 26.1. The molecule has 0 aliphatic carbocycles. The van der Waals surface area contributed by atoms with Gasteiger partial charge in [0.05, 0.1) is 5.69 Å². The summed E-state index contributed by atoms with van der Waals surface area (Å²) < 4.78 is 0. The van der Waals surface area contributed by atoms with E-state index in [1.807, 2.05) is 48.5 Å². The number of benzene rings is 3. The highest BCUT2D eigenvalue weighted by Gasteiger charge is 2.40. The van der Waals surface area contributed by atoms with E-state index in [4.69, 9.17) is 11.6 Å². The fourth-order valence-corrected chi connectivity index (χ4v) is 5.09. The molecule has 0 fully saturated rings. The molecule has 0 spiro atoms. The van der Waals surface area contributed by atoms with Crippen LogP contribution in [0.1, 0.15) is 50.7 Å². The van der Waals surface area contributed by atoms with Gasteiger partial charge in [0.15, 0.2) is 0 Å². The molecule has 2 amide bonds. The van der Waals surface area contributed by atoms with Crippen LogP contribution >= 0.6 is 23.4 Å². The van der Waals surface area contributed by atoms with Gasteiger partial charge >= 0.3 is 0 Å². The Labute approximate surface area is 222 Å². The summed E-state index contributed by atoms with van der Waals surface area (Å²) in [5, 5.41) is 3.86. The van der Waals surface area contributed by atoms with Gasteiger partial charge in [-0.1, -0.05) is 74.3 Å². The van der Waals surface area contributed by atoms with Crippen molar-refractivity contribution in [3.63, 3.8) is 0 Å². The molecule has 1 aliphatic rings. The van der Waals surface area contributed by atoms with Crippen molar-refractivity contribution in [2.24, 2.45) is 0 Å². The summed E-state index contributed by atoms with van der Waals surface area (Å²) in [7, 11) is 0. The summed E-state index contributed by atoms with van der Waals surface area (Å²) in [6, 6.07) is 23.0. The average Bonchev–Trinajstić information content (AvgIpc) is 3.12. The van der Waals surface area contributed by atoms with Gasteiger partial charge in [-0.3, -0.25) is 9.59 Å². The highest BCUT2D eigenvalue weighted by atomic mass is 35.5. The number of rotatable bonds is 11. The maximum absolute atomic E-state index is 13.6. The van der Waals surface area contributed by atoms with Crippen molar-refractivity contribution >= 4 is 46.6 Å². The van der Waals surface area contributed by atoms with Crippen LogP contribution < -0.4 is 10.2 Å². The van der Waals surface area contributed by atoms with E-state index in [1.165, 1.54) is 27.8 Å². The summed E-state index contributed by atoms with van der Waals surface area (Å²) in [6.07, 6.45) is 6.51. The molecule has 3 aromatic carbocycles. The van der Waals surface area contributed by atoms with Crippen LogP contribution in [0.4, 0.5) is 11.4 Å². The molecule has 0 unspecified atom stereocenters. The Morgan fingerprint density at radius 3 is 1.86 bits per heavy atom. The van der Waals surface area contributed by atoms with E-state index in [0.29, 0.717) is 15.6 Å². The molecule has 0 aromatic heterocycles. The van der Waals surface area contributed by atoms with Crippen LogP contribution in [0, 0.1) is 0 Å². The number of halogens is 1. The van der Waals surface area contributed by atoms with Crippen molar-refractivity contribution in [1.29, 1.82) is 0 Å². The lowest BCUT2D eigenvalue weighted by molar-refractivity contribution is -0.120. The van der Waals surface area contributed by atoms with Crippen LogP contribution in [0.25, 0.3) is 0 Å². The summed E-state index contributed by atoms with van der Waals surface area (Å²) in [5.41, 5.74) is 4.09. The van der Waals surface area contributed by atoms with Crippen LogP contribution in [0.3, 0.4) is 0 Å². The summed E-state index contributed by atoms with van der Waals surface area (Å²) >= 11 is 7.32. The Balaban J connectivity index is 1.62. The fourth-order valence-electron chi connectivity index (χ4n) is 4.04. The molecule has 4 rings (SSSR count). The second-order valence-electron chi connectivity index (χ2n) is 8.90. The fraction of sp³-hybridized carbons (Fsp3) is 0.267. The van der Waals surface area contributed by atoms with Crippen molar-refractivity contribution in [3.05, 3.63) is 99.5 Å². The number of nitrogens with zero attached hydrogens (tertiary/aromatic N) is 1. The smallest absolute Gasteiger partial charge is 0.283 e. The number of anilines is 2. The predicted molar refractivity (Wildman–Crippen MR) is 151 cm³/mol. The summed E-state index contributed by atoms with van der Waals surface area (Å²) in [6.45, 7) is 4.34. The first-order valence-corrected chi connectivity index (χ1v) is 13.7. The van der Waals surface area contributed by atoms with Gasteiger partial charge in [-0.15, -0.1) is 0 Å². The molecule has 0 saturated carbocycles. The zero-order chi connectivity index (χ0) is 25.5. The maximum atomic E-state index is 13.6. The highest BCUT2D eigenvalue weighted by Crippen LogP contribution is 2.38. The zero-order valence-electron chi connectivity index (χ0n) is 20.7. The topological polar surface area (TPSA) is 49.4 Å². The molecule has 1 heterocycles. The molecule has 0 saturated heterocycles. The number of carbonyl (C=O) groups excluding carboxylic acids is 2. The number of nitrogens with one attached hydrogen (secondary N) is 1. The first-order chi connectivity index (χ1) is 17.5. The molecule has 36 heavy (non-hydrogen) atoms.